The quantitative estimate of drug-likeness (QED) is 0.388. The van der Waals surface area contributed by atoms with Crippen molar-refractivity contribution in [2.24, 2.45) is 11.8 Å². The molecule has 2 aliphatic rings. The maximum Gasteiger partial charge on any atom is 0.573 e. The summed E-state index contributed by atoms with van der Waals surface area (Å²) in [4.78, 5) is 0. The Balaban J connectivity index is 1.38. The van der Waals surface area contributed by atoms with Gasteiger partial charge in [-0.05, 0) is 31.4 Å². The standard InChI is InChI=1S/C22H28F4O5/c1-2-3-4-5-15-11-27-20(28-12-15)9-6-16-13-29-21(30-14-16)17-7-8-19(18(23)10-17)31-22(24,25)26/h4-5,7-8,10,15-16,20-21H,2-3,6,9,11-14H2,1H3/b5-4+. The van der Waals surface area contributed by atoms with Crippen molar-refractivity contribution in [3.63, 3.8) is 0 Å². The maximum absolute atomic E-state index is 13.9. The van der Waals surface area contributed by atoms with Gasteiger partial charge in [0, 0.05) is 17.4 Å². The first-order valence-electron chi connectivity index (χ1n) is 10.5. The van der Waals surface area contributed by atoms with E-state index >= 15 is 0 Å². The normalized spacial score (nSPS) is 27.5. The second-order valence-electron chi connectivity index (χ2n) is 7.75. The summed E-state index contributed by atoms with van der Waals surface area (Å²) in [7, 11) is 0. The zero-order chi connectivity index (χ0) is 22.3. The van der Waals surface area contributed by atoms with Gasteiger partial charge in [0.1, 0.15) is 0 Å². The van der Waals surface area contributed by atoms with Crippen LogP contribution in [0.3, 0.4) is 0 Å². The monoisotopic (exact) mass is 448 g/mol. The highest BCUT2D eigenvalue weighted by Gasteiger charge is 2.33. The summed E-state index contributed by atoms with van der Waals surface area (Å²) >= 11 is 0. The minimum absolute atomic E-state index is 0.128. The van der Waals surface area contributed by atoms with E-state index in [1.807, 2.05) is 0 Å². The lowest BCUT2D eigenvalue weighted by Crippen LogP contribution is -2.33. The van der Waals surface area contributed by atoms with E-state index in [9.17, 15) is 17.6 Å². The van der Waals surface area contributed by atoms with Gasteiger partial charge in [0.15, 0.2) is 24.1 Å². The molecule has 0 saturated carbocycles. The first-order valence-corrected chi connectivity index (χ1v) is 10.5. The van der Waals surface area contributed by atoms with Gasteiger partial charge in [0.05, 0.1) is 26.4 Å². The van der Waals surface area contributed by atoms with Crippen molar-refractivity contribution in [2.45, 2.75) is 51.5 Å². The Bertz CT molecular complexity index is 708. The fraction of sp³-hybridized carbons (Fsp3) is 0.636. The van der Waals surface area contributed by atoms with E-state index in [0.29, 0.717) is 44.3 Å². The van der Waals surface area contributed by atoms with Crippen LogP contribution >= 0.6 is 0 Å². The topological polar surface area (TPSA) is 46.2 Å². The molecule has 1 aromatic carbocycles. The molecule has 174 valence electrons. The van der Waals surface area contributed by atoms with Crippen molar-refractivity contribution >= 4 is 0 Å². The van der Waals surface area contributed by atoms with E-state index in [0.717, 1.165) is 31.4 Å². The van der Waals surface area contributed by atoms with Gasteiger partial charge in [-0.25, -0.2) is 4.39 Å². The van der Waals surface area contributed by atoms with Crippen LogP contribution in [0.5, 0.6) is 5.75 Å². The molecule has 9 heteroatoms. The number of alkyl halides is 3. The van der Waals surface area contributed by atoms with E-state index < -0.39 is 24.2 Å². The molecular formula is C22H28F4O5. The van der Waals surface area contributed by atoms with Crippen LogP contribution in [0.15, 0.2) is 30.4 Å². The summed E-state index contributed by atoms with van der Waals surface area (Å²) < 4.78 is 77.1. The second-order valence-corrected chi connectivity index (χ2v) is 7.75. The maximum atomic E-state index is 13.9. The Morgan fingerprint density at radius 2 is 1.74 bits per heavy atom. The molecule has 0 atom stereocenters. The van der Waals surface area contributed by atoms with E-state index in [2.05, 4.69) is 23.8 Å². The predicted octanol–water partition coefficient (Wildman–Crippen LogP) is 5.51. The van der Waals surface area contributed by atoms with Crippen LogP contribution in [-0.2, 0) is 18.9 Å². The molecule has 0 amide bonds. The van der Waals surface area contributed by atoms with Crippen LogP contribution in [0, 0.1) is 17.7 Å². The molecule has 0 N–H and O–H groups in total. The zero-order valence-corrected chi connectivity index (χ0v) is 17.4. The molecule has 0 aromatic heterocycles. The van der Waals surface area contributed by atoms with Crippen molar-refractivity contribution in [3.8, 4) is 5.75 Å². The van der Waals surface area contributed by atoms with E-state index in [1.54, 1.807) is 0 Å². The van der Waals surface area contributed by atoms with Gasteiger partial charge in [-0.1, -0.05) is 31.6 Å². The average molecular weight is 448 g/mol. The number of allylic oxidation sites excluding steroid dienone is 1. The van der Waals surface area contributed by atoms with Gasteiger partial charge in [-0.15, -0.1) is 13.2 Å². The molecule has 0 unspecified atom stereocenters. The highest BCUT2D eigenvalue weighted by Crippen LogP contribution is 2.32. The minimum atomic E-state index is -4.95. The second kappa shape index (κ2) is 11.3. The molecule has 2 aliphatic heterocycles. The Kier molecular flexibility index (Phi) is 8.71. The number of hydrogen-bond donors (Lipinski definition) is 0. The summed E-state index contributed by atoms with van der Waals surface area (Å²) in [6.45, 7) is 4.20. The third-order valence-corrected chi connectivity index (χ3v) is 5.09. The Hall–Kier alpha value is -1.68. The van der Waals surface area contributed by atoms with Gasteiger partial charge in [-0.2, -0.15) is 0 Å². The molecule has 0 spiro atoms. The summed E-state index contributed by atoms with van der Waals surface area (Å²) in [5.74, 6) is -1.60. The van der Waals surface area contributed by atoms with Gasteiger partial charge in [-0.3, -0.25) is 0 Å². The zero-order valence-electron chi connectivity index (χ0n) is 17.4. The largest absolute Gasteiger partial charge is 0.573 e. The van der Waals surface area contributed by atoms with Gasteiger partial charge < -0.3 is 23.7 Å². The first-order chi connectivity index (χ1) is 14.8. The molecule has 0 bridgehead atoms. The Morgan fingerprint density at radius 1 is 1.03 bits per heavy atom. The van der Waals surface area contributed by atoms with E-state index in [1.165, 1.54) is 6.07 Å². The molecule has 2 heterocycles. The van der Waals surface area contributed by atoms with Crippen molar-refractivity contribution in [2.75, 3.05) is 26.4 Å². The summed E-state index contributed by atoms with van der Waals surface area (Å²) in [6, 6.07) is 3.14. The number of ether oxygens (including phenoxy) is 5. The number of benzene rings is 1. The molecule has 31 heavy (non-hydrogen) atoms. The smallest absolute Gasteiger partial charge is 0.403 e. The molecule has 0 radical (unpaired) electrons. The minimum Gasteiger partial charge on any atom is -0.403 e. The van der Waals surface area contributed by atoms with Gasteiger partial charge in [0.2, 0.25) is 0 Å². The van der Waals surface area contributed by atoms with E-state index in [-0.39, 0.29) is 12.2 Å². The van der Waals surface area contributed by atoms with Gasteiger partial charge >= 0.3 is 6.36 Å². The third kappa shape index (κ3) is 7.75. The van der Waals surface area contributed by atoms with Crippen LogP contribution < -0.4 is 4.74 Å². The summed E-state index contributed by atoms with van der Waals surface area (Å²) in [6.07, 6.45) is 1.94. The fourth-order valence-corrected chi connectivity index (χ4v) is 3.44. The van der Waals surface area contributed by atoms with Crippen molar-refractivity contribution < 1.29 is 41.2 Å². The molecule has 3 rings (SSSR count). The number of halogens is 4. The molecule has 2 fully saturated rings. The third-order valence-electron chi connectivity index (χ3n) is 5.09. The lowest BCUT2D eigenvalue weighted by Gasteiger charge is -2.32. The fourth-order valence-electron chi connectivity index (χ4n) is 3.44. The highest BCUT2D eigenvalue weighted by atomic mass is 19.4. The summed E-state index contributed by atoms with van der Waals surface area (Å²) in [5.41, 5.74) is 0.298. The van der Waals surface area contributed by atoms with Crippen LogP contribution in [0.2, 0.25) is 0 Å². The molecule has 5 nitrogen and oxygen atoms in total. The van der Waals surface area contributed by atoms with Crippen LogP contribution in [0.1, 0.15) is 44.5 Å². The predicted molar refractivity (Wildman–Crippen MR) is 104 cm³/mol. The Morgan fingerprint density at radius 3 is 2.35 bits per heavy atom. The van der Waals surface area contributed by atoms with Crippen LogP contribution in [0.25, 0.3) is 0 Å². The number of unbranched alkanes of at least 4 members (excludes halogenated alkanes) is 1. The van der Waals surface area contributed by atoms with Crippen LogP contribution in [0.4, 0.5) is 17.6 Å². The average Bonchev–Trinajstić information content (AvgIpc) is 2.74. The lowest BCUT2D eigenvalue weighted by atomic mass is 10.0. The van der Waals surface area contributed by atoms with E-state index in [4.69, 9.17) is 18.9 Å². The Labute approximate surface area is 179 Å². The number of rotatable bonds is 8. The molecule has 2 saturated heterocycles. The van der Waals surface area contributed by atoms with Gasteiger partial charge in [0.25, 0.3) is 0 Å². The first kappa shape index (κ1) is 24.0. The number of hydrogen-bond acceptors (Lipinski definition) is 5. The lowest BCUT2D eigenvalue weighted by molar-refractivity contribution is -0.275. The van der Waals surface area contributed by atoms with Crippen molar-refractivity contribution in [1.82, 2.24) is 0 Å². The van der Waals surface area contributed by atoms with Crippen molar-refractivity contribution in [1.29, 1.82) is 0 Å². The molecule has 1 aromatic rings. The van der Waals surface area contributed by atoms with Crippen molar-refractivity contribution in [3.05, 3.63) is 41.7 Å². The molecular weight excluding hydrogens is 420 g/mol. The highest BCUT2D eigenvalue weighted by molar-refractivity contribution is 5.30. The molecule has 0 aliphatic carbocycles. The van der Waals surface area contributed by atoms with Crippen LogP contribution in [-0.4, -0.2) is 39.1 Å². The summed E-state index contributed by atoms with van der Waals surface area (Å²) in [5, 5.41) is 0. The SMILES string of the molecule is CCC/C=C/C1COC(CCC2COC(c3ccc(OC(F)(F)F)c(F)c3)OC2)OC1.